The van der Waals surface area contributed by atoms with Crippen LogP contribution in [0.5, 0.6) is 5.75 Å². The van der Waals surface area contributed by atoms with Gasteiger partial charge in [-0.2, -0.15) is 0 Å². The summed E-state index contributed by atoms with van der Waals surface area (Å²) in [6.45, 7) is 0. The zero-order chi connectivity index (χ0) is 11.7. The first-order valence-corrected chi connectivity index (χ1v) is 4.70. The van der Waals surface area contributed by atoms with Gasteiger partial charge in [-0.15, -0.1) is 0 Å². The van der Waals surface area contributed by atoms with Crippen LogP contribution in [-0.2, 0) is 4.74 Å². The van der Waals surface area contributed by atoms with Crippen LogP contribution in [0.25, 0.3) is 10.9 Å². The van der Waals surface area contributed by atoms with Crippen LogP contribution in [0.4, 0.5) is 5.69 Å². The number of nitrogens with one attached hydrogen (secondary N) is 1. The van der Waals surface area contributed by atoms with Crippen molar-refractivity contribution in [3.8, 4) is 5.75 Å². The molecular formula is C11H12N2O3. The Morgan fingerprint density at radius 1 is 1.31 bits per heavy atom. The highest BCUT2D eigenvalue weighted by atomic mass is 16.5. The molecule has 1 aromatic heterocycles. The number of carbonyl (C=O) groups excluding carboxylic acids is 1. The van der Waals surface area contributed by atoms with E-state index in [0.717, 1.165) is 5.39 Å². The molecule has 0 aliphatic carbocycles. The standard InChI is InChI=1S/C11H12N2O3/c1-15-7-3-6-4-9(11(14)16-2)13-10(6)8(12)5-7/h3-5,13H,12H2,1-2H3. The number of fused-ring (bicyclic) bond motifs is 1. The molecule has 0 aliphatic rings. The fourth-order valence-corrected chi connectivity index (χ4v) is 1.58. The Bertz CT molecular complexity index is 545. The first-order valence-electron chi connectivity index (χ1n) is 4.70. The van der Waals surface area contributed by atoms with E-state index in [9.17, 15) is 4.79 Å². The molecule has 0 atom stereocenters. The van der Waals surface area contributed by atoms with Gasteiger partial charge < -0.3 is 20.2 Å². The topological polar surface area (TPSA) is 77.3 Å². The van der Waals surface area contributed by atoms with Crippen molar-refractivity contribution in [1.29, 1.82) is 0 Å². The number of rotatable bonds is 2. The van der Waals surface area contributed by atoms with Crippen LogP contribution in [0.15, 0.2) is 18.2 Å². The average molecular weight is 220 g/mol. The van der Waals surface area contributed by atoms with Crippen LogP contribution in [0.2, 0.25) is 0 Å². The summed E-state index contributed by atoms with van der Waals surface area (Å²) in [5.41, 5.74) is 7.44. The van der Waals surface area contributed by atoms with E-state index >= 15 is 0 Å². The van der Waals surface area contributed by atoms with Crippen molar-refractivity contribution >= 4 is 22.6 Å². The summed E-state index contributed by atoms with van der Waals surface area (Å²) in [7, 11) is 2.90. The minimum absolute atomic E-state index is 0.373. The summed E-state index contributed by atoms with van der Waals surface area (Å²) < 4.78 is 9.71. The number of aromatic amines is 1. The maximum Gasteiger partial charge on any atom is 0.354 e. The van der Waals surface area contributed by atoms with Crippen LogP contribution in [0.3, 0.4) is 0 Å². The predicted octanol–water partition coefficient (Wildman–Crippen LogP) is 1.55. The fourth-order valence-electron chi connectivity index (χ4n) is 1.58. The lowest BCUT2D eigenvalue weighted by Crippen LogP contribution is -2.00. The first-order chi connectivity index (χ1) is 7.65. The van der Waals surface area contributed by atoms with Gasteiger partial charge in [-0.05, 0) is 12.1 Å². The SMILES string of the molecule is COC(=O)c1cc2cc(OC)cc(N)c2[nH]1. The molecule has 0 fully saturated rings. The second-order valence-electron chi connectivity index (χ2n) is 3.36. The maximum absolute atomic E-state index is 11.3. The van der Waals surface area contributed by atoms with Gasteiger partial charge in [0.25, 0.3) is 0 Å². The molecule has 5 nitrogen and oxygen atoms in total. The van der Waals surface area contributed by atoms with Gasteiger partial charge in [-0.3, -0.25) is 0 Å². The third kappa shape index (κ3) is 1.56. The van der Waals surface area contributed by atoms with E-state index in [1.165, 1.54) is 7.11 Å². The van der Waals surface area contributed by atoms with Crippen LogP contribution in [-0.4, -0.2) is 25.2 Å². The van der Waals surface area contributed by atoms with Crippen molar-refractivity contribution in [3.63, 3.8) is 0 Å². The zero-order valence-corrected chi connectivity index (χ0v) is 9.03. The van der Waals surface area contributed by atoms with E-state index in [-0.39, 0.29) is 0 Å². The van der Waals surface area contributed by atoms with E-state index in [0.29, 0.717) is 22.6 Å². The largest absolute Gasteiger partial charge is 0.497 e. The monoisotopic (exact) mass is 220 g/mol. The molecule has 0 spiro atoms. The molecule has 0 saturated carbocycles. The molecule has 84 valence electrons. The number of esters is 1. The molecular weight excluding hydrogens is 208 g/mol. The number of hydrogen-bond acceptors (Lipinski definition) is 4. The van der Waals surface area contributed by atoms with E-state index in [4.69, 9.17) is 10.5 Å². The van der Waals surface area contributed by atoms with Crippen LogP contribution in [0.1, 0.15) is 10.5 Å². The van der Waals surface area contributed by atoms with Gasteiger partial charge in [-0.1, -0.05) is 0 Å². The molecule has 3 N–H and O–H groups in total. The van der Waals surface area contributed by atoms with Gasteiger partial charge in [0.05, 0.1) is 25.4 Å². The lowest BCUT2D eigenvalue weighted by Gasteiger charge is -2.01. The zero-order valence-electron chi connectivity index (χ0n) is 9.03. The summed E-state index contributed by atoms with van der Waals surface area (Å²) in [5.74, 6) is 0.231. The van der Waals surface area contributed by atoms with Crippen molar-refractivity contribution in [2.45, 2.75) is 0 Å². The molecule has 0 amide bonds. The Labute approximate surface area is 92.1 Å². The minimum Gasteiger partial charge on any atom is -0.497 e. The molecule has 5 heteroatoms. The van der Waals surface area contributed by atoms with E-state index in [2.05, 4.69) is 9.72 Å². The highest BCUT2D eigenvalue weighted by Gasteiger charge is 2.11. The van der Waals surface area contributed by atoms with Crippen LogP contribution < -0.4 is 10.5 Å². The molecule has 0 bridgehead atoms. The van der Waals surface area contributed by atoms with Gasteiger partial charge in [0.15, 0.2) is 0 Å². The molecule has 0 aliphatic heterocycles. The summed E-state index contributed by atoms with van der Waals surface area (Å²) >= 11 is 0. The number of H-pyrrole nitrogens is 1. The van der Waals surface area contributed by atoms with Gasteiger partial charge in [0.1, 0.15) is 11.4 Å². The molecule has 2 aromatic rings. The number of aromatic nitrogens is 1. The minimum atomic E-state index is -0.422. The molecule has 1 aromatic carbocycles. The number of nitrogens with two attached hydrogens (primary N) is 1. The van der Waals surface area contributed by atoms with Gasteiger partial charge >= 0.3 is 5.97 Å². The number of hydrogen-bond donors (Lipinski definition) is 2. The number of methoxy groups -OCH3 is 2. The third-order valence-corrected chi connectivity index (χ3v) is 2.37. The molecule has 16 heavy (non-hydrogen) atoms. The normalized spacial score (nSPS) is 10.4. The van der Waals surface area contributed by atoms with E-state index in [1.54, 1.807) is 25.3 Å². The smallest absolute Gasteiger partial charge is 0.354 e. The van der Waals surface area contributed by atoms with Crippen molar-refractivity contribution in [2.24, 2.45) is 0 Å². The highest BCUT2D eigenvalue weighted by molar-refractivity contribution is 5.99. The van der Waals surface area contributed by atoms with Gasteiger partial charge in [-0.25, -0.2) is 4.79 Å². The Kier molecular flexibility index (Phi) is 2.44. The van der Waals surface area contributed by atoms with E-state index < -0.39 is 5.97 Å². The number of ether oxygens (including phenoxy) is 2. The highest BCUT2D eigenvalue weighted by Crippen LogP contribution is 2.27. The quantitative estimate of drug-likeness (QED) is 0.594. The van der Waals surface area contributed by atoms with Crippen molar-refractivity contribution < 1.29 is 14.3 Å². The lowest BCUT2D eigenvalue weighted by atomic mass is 10.2. The number of carbonyl (C=O) groups is 1. The molecule has 1 heterocycles. The van der Waals surface area contributed by atoms with Gasteiger partial charge in [0.2, 0.25) is 0 Å². The Hall–Kier alpha value is -2.17. The average Bonchev–Trinajstić information content (AvgIpc) is 2.72. The third-order valence-electron chi connectivity index (χ3n) is 2.37. The van der Waals surface area contributed by atoms with Gasteiger partial charge in [0, 0.05) is 11.5 Å². The second kappa shape index (κ2) is 3.77. The molecule has 0 radical (unpaired) electrons. The predicted molar refractivity (Wildman–Crippen MR) is 60.6 cm³/mol. The molecule has 0 saturated heterocycles. The Morgan fingerprint density at radius 2 is 2.06 bits per heavy atom. The summed E-state index contributed by atoms with van der Waals surface area (Å²) in [6, 6.07) is 5.18. The lowest BCUT2D eigenvalue weighted by molar-refractivity contribution is 0.0595. The number of benzene rings is 1. The number of nitrogen functional groups attached to an aromatic ring is 1. The van der Waals surface area contributed by atoms with Crippen molar-refractivity contribution in [2.75, 3.05) is 20.0 Å². The number of anilines is 1. The maximum atomic E-state index is 11.3. The Morgan fingerprint density at radius 3 is 2.69 bits per heavy atom. The fraction of sp³-hybridized carbons (Fsp3) is 0.182. The summed E-state index contributed by atoms with van der Waals surface area (Å²) in [5, 5.41) is 0.817. The summed E-state index contributed by atoms with van der Waals surface area (Å²) in [6.07, 6.45) is 0. The van der Waals surface area contributed by atoms with Crippen LogP contribution in [0, 0.1) is 0 Å². The molecule has 2 rings (SSSR count). The second-order valence-corrected chi connectivity index (χ2v) is 3.36. The van der Waals surface area contributed by atoms with Crippen LogP contribution >= 0.6 is 0 Å². The summed E-state index contributed by atoms with van der Waals surface area (Å²) in [4.78, 5) is 14.2. The first kappa shape index (κ1) is 10.4. The Balaban J connectivity index is 2.61. The van der Waals surface area contributed by atoms with E-state index in [1.807, 2.05) is 0 Å². The van der Waals surface area contributed by atoms with Crippen molar-refractivity contribution in [1.82, 2.24) is 4.98 Å². The molecule has 0 unspecified atom stereocenters. The van der Waals surface area contributed by atoms with Crippen molar-refractivity contribution in [3.05, 3.63) is 23.9 Å².